The first-order valence-electron chi connectivity index (χ1n) is 4.49. The lowest BCUT2D eigenvalue weighted by atomic mass is 9.97. The van der Waals surface area contributed by atoms with E-state index < -0.39 is 0 Å². The second kappa shape index (κ2) is 3.52. The highest BCUT2D eigenvalue weighted by molar-refractivity contribution is 5.72. The zero-order valence-corrected chi connectivity index (χ0v) is 7.59. The Morgan fingerprint density at radius 1 is 1.31 bits per heavy atom. The molecule has 0 bridgehead atoms. The molecule has 0 aromatic carbocycles. The lowest BCUT2D eigenvalue weighted by molar-refractivity contribution is 0.552. The van der Waals surface area contributed by atoms with E-state index in [0.717, 1.165) is 5.69 Å². The van der Waals surface area contributed by atoms with E-state index in [1.807, 2.05) is 36.7 Å². The molecule has 2 unspecified atom stereocenters. The van der Waals surface area contributed by atoms with Gasteiger partial charge in [0.15, 0.2) is 0 Å². The molecule has 2 rings (SSSR count). The van der Waals surface area contributed by atoms with Crippen LogP contribution in [-0.2, 0) is 0 Å². The van der Waals surface area contributed by atoms with Crippen LogP contribution in [0.25, 0.3) is 0 Å². The van der Waals surface area contributed by atoms with E-state index in [9.17, 15) is 0 Å². The monoisotopic (exact) mass is 172 g/mol. The Labute approximate surface area is 78.0 Å². The van der Waals surface area contributed by atoms with Crippen LogP contribution in [0.15, 0.2) is 41.5 Å². The molecule has 2 heteroatoms. The van der Waals surface area contributed by atoms with Gasteiger partial charge in [0.2, 0.25) is 0 Å². The Kier molecular flexibility index (Phi) is 2.21. The van der Waals surface area contributed by atoms with Crippen LogP contribution in [-0.4, -0.2) is 11.2 Å². The van der Waals surface area contributed by atoms with Crippen molar-refractivity contribution in [3.8, 4) is 0 Å². The minimum Gasteiger partial charge on any atom is -0.283 e. The number of aromatic nitrogens is 1. The first-order valence-corrected chi connectivity index (χ1v) is 4.49. The second-order valence-corrected chi connectivity index (χ2v) is 3.24. The van der Waals surface area contributed by atoms with Crippen LogP contribution < -0.4 is 0 Å². The van der Waals surface area contributed by atoms with Crippen molar-refractivity contribution in [3.05, 3.63) is 42.2 Å². The third-order valence-electron chi connectivity index (χ3n) is 2.24. The number of dihydropyridines is 1. The van der Waals surface area contributed by atoms with Gasteiger partial charge in [0.25, 0.3) is 0 Å². The number of pyridine rings is 1. The molecule has 13 heavy (non-hydrogen) atoms. The van der Waals surface area contributed by atoms with E-state index in [1.54, 1.807) is 0 Å². The Balaban J connectivity index is 2.27. The van der Waals surface area contributed by atoms with Crippen LogP contribution in [0, 0.1) is 5.92 Å². The molecule has 0 radical (unpaired) electrons. The summed E-state index contributed by atoms with van der Waals surface area (Å²) in [6.07, 6.45) is 7.81. The number of nitrogens with zero attached hydrogens (tertiary/aromatic N) is 2. The van der Waals surface area contributed by atoms with Gasteiger partial charge in [-0.25, -0.2) is 0 Å². The number of allylic oxidation sites excluding steroid dienone is 1. The van der Waals surface area contributed by atoms with E-state index >= 15 is 0 Å². The predicted octanol–water partition coefficient (Wildman–Crippen LogP) is 2.40. The largest absolute Gasteiger partial charge is 0.283 e. The molecule has 66 valence electrons. The van der Waals surface area contributed by atoms with Gasteiger partial charge in [-0.3, -0.25) is 9.98 Å². The van der Waals surface area contributed by atoms with E-state index in [-0.39, 0.29) is 6.04 Å². The average Bonchev–Trinajstić information content (AvgIpc) is 2.20. The molecule has 0 aliphatic carbocycles. The molecule has 2 heterocycles. The normalized spacial score (nSPS) is 26.2. The van der Waals surface area contributed by atoms with Gasteiger partial charge in [-0.2, -0.15) is 0 Å². The third kappa shape index (κ3) is 1.66. The zero-order valence-electron chi connectivity index (χ0n) is 7.59. The molecule has 2 nitrogen and oxygen atoms in total. The molecule has 0 fully saturated rings. The maximum atomic E-state index is 4.41. The maximum Gasteiger partial charge on any atom is 0.0979 e. The van der Waals surface area contributed by atoms with Gasteiger partial charge >= 0.3 is 0 Å². The molecular formula is C11H12N2. The summed E-state index contributed by atoms with van der Waals surface area (Å²) in [6.45, 7) is 2.16. The lowest BCUT2D eigenvalue weighted by Crippen LogP contribution is -2.09. The summed E-state index contributed by atoms with van der Waals surface area (Å²) in [5, 5.41) is 0. The van der Waals surface area contributed by atoms with E-state index in [4.69, 9.17) is 0 Å². The van der Waals surface area contributed by atoms with Gasteiger partial charge in [0, 0.05) is 18.3 Å². The van der Waals surface area contributed by atoms with Gasteiger partial charge in [-0.05, 0) is 18.2 Å². The SMILES string of the molecule is CC1C=CC=NC1c1ccccn1. The highest BCUT2D eigenvalue weighted by Gasteiger charge is 2.17. The van der Waals surface area contributed by atoms with E-state index in [0.29, 0.717) is 5.92 Å². The number of rotatable bonds is 1. The molecule has 1 aliphatic rings. The van der Waals surface area contributed by atoms with Gasteiger partial charge < -0.3 is 0 Å². The highest BCUT2D eigenvalue weighted by Crippen LogP contribution is 2.26. The van der Waals surface area contributed by atoms with Crippen LogP contribution in [0.5, 0.6) is 0 Å². The van der Waals surface area contributed by atoms with E-state index in [2.05, 4.69) is 23.0 Å². The van der Waals surface area contributed by atoms with Gasteiger partial charge in [-0.15, -0.1) is 0 Å². The van der Waals surface area contributed by atoms with Crippen molar-refractivity contribution in [2.45, 2.75) is 13.0 Å². The maximum absolute atomic E-state index is 4.41. The first kappa shape index (κ1) is 8.17. The molecule has 0 spiro atoms. The topological polar surface area (TPSA) is 25.2 Å². The molecule has 1 aromatic heterocycles. The van der Waals surface area contributed by atoms with Crippen molar-refractivity contribution in [2.75, 3.05) is 0 Å². The van der Waals surface area contributed by atoms with Crippen molar-refractivity contribution in [2.24, 2.45) is 10.9 Å². The van der Waals surface area contributed by atoms with E-state index in [1.165, 1.54) is 0 Å². The summed E-state index contributed by atoms with van der Waals surface area (Å²) in [6, 6.07) is 6.16. The Morgan fingerprint density at radius 2 is 2.23 bits per heavy atom. The van der Waals surface area contributed by atoms with Crippen molar-refractivity contribution in [1.29, 1.82) is 0 Å². The minimum absolute atomic E-state index is 0.200. The molecule has 1 aromatic rings. The Bertz CT molecular complexity index is 327. The lowest BCUT2D eigenvalue weighted by Gasteiger charge is -2.18. The molecule has 0 N–H and O–H groups in total. The van der Waals surface area contributed by atoms with Crippen molar-refractivity contribution < 1.29 is 0 Å². The fourth-order valence-corrected chi connectivity index (χ4v) is 1.51. The fraction of sp³-hybridized carbons (Fsp3) is 0.273. The summed E-state index contributed by atoms with van der Waals surface area (Å²) >= 11 is 0. The summed E-state index contributed by atoms with van der Waals surface area (Å²) in [4.78, 5) is 8.71. The average molecular weight is 172 g/mol. The summed E-state index contributed by atoms with van der Waals surface area (Å²) in [5.74, 6) is 0.444. The number of hydrogen-bond donors (Lipinski definition) is 0. The van der Waals surface area contributed by atoms with Crippen molar-refractivity contribution >= 4 is 6.21 Å². The Hall–Kier alpha value is -1.44. The minimum atomic E-state index is 0.200. The van der Waals surface area contributed by atoms with Gasteiger partial charge in [-0.1, -0.05) is 19.1 Å². The molecule has 0 saturated carbocycles. The molecule has 0 amide bonds. The van der Waals surface area contributed by atoms with Crippen LogP contribution in [0.4, 0.5) is 0 Å². The smallest absolute Gasteiger partial charge is 0.0979 e. The standard InChI is InChI=1S/C11H12N2/c1-9-5-4-8-13-11(9)10-6-2-3-7-12-10/h2-9,11H,1H3. The first-order chi connectivity index (χ1) is 6.38. The van der Waals surface area contributed by atoms with Crippen molar-refractivity contribution in [1.82, 2.24) is 4.98 Å². The van der Waals surface area contributed by atoms with Crippen molar-refractivity contribution in [3.63, 3.8) is 0 Å². The molecular weight excluding hydrogens is 160 g/mol. The molecule has 2 atom stereocenters. The Morgan fingerprint density at radius 3 is 2.92 bits per heavy atom. The number of hydrogen-bond acceptors (Lipinski definition) is 2. The summed E-state index contributed by atoms with van der Waals surface area (Å²) in [7, 11) is 0. The second-order valence-electron chi connectivity index (χ2n) is 3.24. The van der Waals surface area contributed by atoms with Gasteiger partial charge in [0.05, 0.1) is 11.7 Å². The fourth-order valence-electron chi connectivity index (χ4n) is 1.51. The summed E-state index contributed by atoms with van der Waals surface area (Å²) < 4.78 is 0. The quantitative estimate of drug-likeness (QED) is 0.638. The predicted molar refractivity (Wildman–Crippen MR) is 53.8 cm³/mol. The summed E-state index contributed by atoms with van der Waals surface area (Å²) in [5.41, 5.74) is 1.05. The molecule has 1 aliphatic heterocycles. The van der Waals surface area contributed by atoms with Crippen LogP contribution in [0.3, 0.4) is 0 Å². The number of aliphatic imine (C=N–C) groups is 1. The zero-order chi connectivity index (χ0) is 9.10. The third-order valence-corrected chi connectivity index (χ3v) is 2.24. The van der Waals surface area contributed by atoms with Crippen LogP contribution in [0.2, 0.25) is 0 Å². The van der Waals surface area contributed by atoms with Crippen LogP contribution in [0.1, 0.15) is 18.7 Å². The van der Waals surface area contributed by atoms with Crippen LogP contribution >= 0.6 is 0 Å². The highest BCUT2D eigenvalue weighted by atomic mass is 14.8. The molecule has 0 saturated heterocycles. The van der Waals surface area contributed by atoms with Gasteiger partial charge in [0.1, 0.15) is 0 Å².